The topological polar surface area (TPSA) is 84.3 Å². The fourth-order valence-electron chi connectivity index (χ4n) is 3.37. The minimum absolute atomic E-state index is 0.131. The van der Waals surface area contributed by atoms with Crippen molar-refractivity contribution in [3.8, 4) is 11.4 Å². The van der Waals surface area contributed by atoms with Crippen LogP contribution in [0, 0.1) is 6.92 Å². The van der Waals surface area contributed by atoms with Crippen molar-refractivity contribution in [3.63, 3.8) is 0 Å². The summed E-state index contributed by atoms with van der Waals surface area (Å²) >= 11 is 0. The predicted molar refractivity (Wildman–Crippen MR) is 103 cm³/mol. The Labute approximate surface area is 164 Å². The van der Waals surface area contributed by atoms with Crippen molar-refractivity contribution < 1.29 is 8.94 Å². The minimum atomic E-state index is 0.131. The Hall–Kier alpha value is -2.58. The van der Waals surface area contributed by atoms with Crippen molar-refractivity contribution in [2.75, 3.05) is 26.2 Å². The van der Waals surface area contributed by atoms with E-state index in [0.29, 0.717) is 30.0 Å². The monoisotopic (exact) mass is 382 g/mol. The van der Waals surface area contributed by atoms with Gasteiger partial charge < -0.3 is 8.94 Å². The summed E-state index contributed by atoms with van der Waals surface area (Å²) in [6.07, 6.45) is 0.766. The van der Waals surface area contributed by atoms with Crippen LogP contribution in [0.4, 0.5) is 0 Å². The molecule has 8 nitrogen and oxygen atoms in total. The highest BCUT2D eigenvalue weighted by atomic mass is 16.5. The number of aryl methyl sites for hydroxylation is 2. The van der Waals surface area contributed by atoms with Crippen molar-refractivity contribution in [1.29, 1.82) is 0 Å². The number of hydrogen-bond donors (Lipinski definition) is 0. The third-order valence-electron chi connectivity index (χ3n) is 5.23. The summed E-state index contributed by atoms with van der Waals surface area (Å²) in [7, 11) is 0. The first-order valence-electron chi connectivity index (χ1n) is 9.80. The SMILES string of the molecule is CCc1nnc(C(C)N2CCN(Cc3nc(-c4ccc(C)cc4)no3)CC2)o1. The molecule has 1 aromatic carbocycles. The van der Waals surface area contributed by atoms with Gasteiger partial charge in [-0.05, 0) is 13.8 Å². The minimum Gasteiger partial charge on any atom is -0.424 e. The quantitative estimate of drug-likeness (QED) is 0.643. The summed E-state index contributed by atoms with van der Waals surface area (Å²) in [5, 5.41) is 12.4. The van der Waals surface area contributed by atoms with E-state index in [1.165, 1.54) is 5.56 Å². The molecule has 2 aromatic heterocycles. The van der Waals surface area contributed by atoms with E-state index in [1.807, 2.05) is 19.1 Å². The lowest BCUT2D eigenvalue weighted by Crippen LogP contribution is -2.46. The Bertz CT molecular complexity index is 896. The van der Waals surface area contributed by atoms with Crippen molar-refractivity contribution in [3.05, 3.63) is 47.5 Å². The smallest absolute Gasteiger partial charge is 0.241 e. The Morgan fingerprint density at radius 1 is 1.04 bits per heavy atom. The molecule has 0 bridgehead atoms. The Morgan fingerprint density at radius 2 is 1.79 bits per heavy atom. The zero-order valence-corrected chi connectivity index (χ0v) is 16.6. The lowest BCUT2D eigenvalue weighted by Gasteiger charge is -2.36. The third-order valence-corrected chi connectivity index (χ3v) is 5.23. The molecule has 0 aliphatic carbocycles. The molecule has 1 aliphatic rings. The average Bonchev–Trinajstić information content (AvgIpc) is 3.38. The first-order chi connectivity index (χ1) is 13.6. The van der Waals surface area contributed by atoms with E-state index >= 15 is 0 Å². The first kappa shape index (κ1) is 18.8. The number of piperazine rings is 1. The van der Waals surface area contributed by atoms with Crippen LogP contribution in [0.2, 0.25) is 0 Å². The van der Waals surface area contributed by atoms with Gasteiger partial charge in [0.05, 0.1) is 12.6 Å². The summed E-state index contributed by atoms with van der Waals surface area (Å²) in [6, 6.07) is 8.28. The fourth-order valence-corrected chi connectivity index (χ4v) is 3.37. The molecular formula is C20H26N6O2. The molecule has 1 aliphatic heterocycles. The van der Waals surface area contributed by atoms with Gasteiger partial charge in [-0.1, -0.05) is 41.9 Å². The number of aromatic nitrogens is 4. The highest BCUT2D eigenvalue weighted by Crippen LogP contribution is 2.22. The normalized spacial score (nSPS) is 17.1. The average molecular weight is 382 g/mol. The summed E-state index contributed by atoms with van der Waals surface area (Å²) < 4.78 is 11.2. The Balaban J connectivity index is 1.31. The molecule has 3 aromatic rings. The van der Waals surface area contributed by atoms with Crippen LogP contribution in [-0.4, -0.2) is 56.3 Å². The van der Waals surface area contributed by atoms with E-state index in [4.69, 9.17) is 8.94 Å². The molecule has 3 heterocycles. The van der Waals surface area contributed by atoms with Gasteiger partial charge in [0, 0.05) is 38.2 Å². The van der Waals surface area contributed by atoms with Crippen LogP contribution in [0.5, 0.6) is 0 Å². The summed E-state index contributed by atoms with van der Waals surface area (Å²) in [6.45, 7) is 10.6. The molecule has 1 saturated heterocycles. The zero-order chi connectivity index (χ0) is 19.5. The standard InChI is InChI=1S/C20H26N6O2/c1-4-17-22-23-20(27-17)15(3)26-11-9-25(10-12-26)13-18-21-19(24-28-18)16-7-5-14(2)6-8-16/h5-8,15H,4,9-13H2,1-3H3. The van der Waals surface area contributed by atoms with E-state index in [-0.39, 0.29) is 6.04 Å². The van der Waals surface area contributed by atoms with Gasteiger partial charge in [0.2, 0.25) is 23.5 Å². The van der Waals surface area contributed by atoms with Crippen molar-refractivity contribution in [1.82, 2.24) is 30.1 Å². The molecule has 0 N–H and O–H groups in total. The fraction of sp³-hybridized carbons (Fsp3) is 0.500. The van der Waals surface area contributed by atoms with Crippen LogP contribution in [-0.2, 0) is 13.0 Å². The number of benzene rings is 1. The van der Waals surface area contributed by atoms with Crippen molar-refractivity contribution in [2.24, 2.45) is 0 Å². The molecule has 148 valence electrons. The molecule has 4 rings (SSSR count). The van der Waals surface area contributed by atoms with Gasteiger partial charge in [-0.25, -0.2) is 0 Å². The maximum absolute atomic E-state index is 5.71. The molecule has 0 spiro atoms. The molecule has 0 amide bonds. The molecular weight excluding hydrogens is 356 g/mol. The largest absolute Gasteiger partial charge is 0.424 e. The highest BCUT2D eigenvalue weighted by Gasteiger charge is 2.26. The van der Waals surface area contributed by atoms with Crippen LogP contribution in [0.1, 0.15) is 43.1 Å². The van der Waals surface area contributed by atoms with E-state index in [1.54, 1.807) is 0 Å². The summed E-state index contributed by atoms with van der Waals surface area (Å²) in [5.41, 5.74) is 2.19. The van der Waals surface area contributed by atoms with Crippen molar-refractivity contribution >= 4 is 0 Å². The molecule has 0 radical (unpaired) electrons. The molecule has 1 fully saturated rings. The second-order valence-corrected chi connectivity index (χ2v) is 7.25. The maximum Gasteiger partial charge on any atom is 0.241 e. The Kier molecular flexibility index (Phi) is 5.50. The van der Waals surface area contributed by atoms with Gasteiger partial charge in [-0.2, -0.15) is 4.98 Å². The van der Waals surface area contributed by atoms with E-state index in [2.05, 4.69) is 56.1 Å². The van der Waals surface area contributed by atoms with Gasteiger partial charge in [0.25, 0.3) is 0 Å². The number of nitrogens with zero attached hydrogens (tertiary/aromatic N) is 6. The Morgan fingerprint density at radius 3 is 2.46 bits per heavy atom. The first-order valence-corrected chi connectivity index (χ1v) is 9.80. The van der Waals surface area contributed by atoms with Gasteiger partial charge in [-0.3, -0.25) is 9.80 Å². The lowest BCUT2D eigenvalue weighted by molar-refractivity contribution is 0.0806. The van der Waals surface area contributed by atoms with Gasteiger partial charge in [0.1, 0.15) is 0 Å². The zero-order valence-electron chi connectivity index (χ0n) is 16.6. The molecule has 28 heavy (non-hydrogen) atoms. The maximum atomic E-state index is 5.71. The van der Waals surface area contributed by atoms with E-state index < -0.39 is 0 Å². The molecule has 1 unspecified atom stereocenters. The van der Waals surface area contributed by atoms with Crippen LogP contribution in [0.3, 0.4) is 0 Å². The van der Waals surface area contributed by atoms with Crippen LogP contribution in [0.25, 0.3) is 11.4 Å². The molecule has 0 saturated carbocycles. The summed E-state index contributed by atoms with van der Waals surface area (Å²) in [5.74, 6) is 2.69. The van der Waals surface area contributed by atoms with Gasteiger partial charge >= 0.3 is 0 Å². The second kappa shape index (κ2) is 8.20. The predicted octanol–water partition coefficient (Wildman–Crippen LogP) is 2.87. The number of rotatable bonds is 6. The third kappa shape index (κ3) is 4.13. The van der Waals surface area contributed by atoms with Gasteiger partial charge in [0.15, 0.2) is 0 Å². The highest BCUT2D eigenvalue weighted by molar-refractivity contribution is 5.54. The lowest BCUT2D eigenvalue weighted by atomic mass is 10.1. The number of hydrogen-bond acceptors (Lipinski definition) is 8. The van der Waals surface area contributed by atoms with Gasteiger partial charge in [-0.15, -0.1) is 10.2 Å². The summed E-state index contributed by atoms with van der Waals surface area (Å²) in [4.78, 5) is 9.26. The van der Waals surface area contributed by atoms with E-state index in [9.17, 15) is 0 Å². The van der Waals surface area contributed by atoms with E-state index in [0.717, 1.165) is 38.2 Å². The van der Waals surface area contributed by atoms with Crippen molar-refractivity contribution in [2.45, 2.75) is 39.8 Å². The van der Waals surface area contributed by atoms with Crippen LogP contribution >= 0.6 is 0 Å². The second-order valence-electron chi connectivity index (χ2n) is 7.25. The van der Waals surface area contributed by atoms with Crippen LogP contribution in [0.15, 0.2) is 33.2 Å². The molecule has 1 atom stereocenters. The molecule has 8 heteroatoms. The van der Waals surface area contributed by atoms with Crippen LogP contribution < -0.4 is 0 Å².